The molecule has 0 spiro atoms. The Bertz CT molecular complexity index is 468. The van der Waals surface area contributed by atoms with E-state index in [1.165, 1.54) is 11.1 Å². The molecule has 0 aliphatic carbocycles. The molecule has 0 atom stereocenters. The molecule has 0 radical (unpaired) electrons. The second kappa shape index (κ2) is 5.30. The van der Waals surface area contributed by atoms with Gasteiger partial charge in [0.25, 0.3) is 0 Å². The van der Waals surface area contributed by atoms with Crippen molar-refractivity contribution in [2.24, 2.45) is 5.41 Å². The van der Waals surface area contributed by atoms with E-state index < -0.39 is 0 Å². The standard InChI is InChI=1S/C15H19ClN2/c1-12-3-4-13(14(16)9-12)10-18-7-5-15(2,11-17)6-8-18/h3-4,9H,5-8,10H2,1-2H3. The Morgan fingerprint density at radius 3 is 2.61 bits per heavy atom. The van der Waals surface area contributed by atoms with Gasteiger partial charge >= 0.3 is 0 Å². The van der Waals surface area contributed by atoms with Crippen LogP contribution in [0.1, 0.15) is 30.9 Å². The minimum atomic E-state index is -0.131. The van der Waals surface area contributed by atoms with Gasteiger partial charge in [0.15, 0.2) is 0 Å². The molecular weight excluding hydrogens is 244 g/mol. The highest BCUT2D eigenvalue weighted by Gasteiger charge is 2.29. The fourth-order valence-corrected chi connectivity index (χ4v) is 2.63. The fraction of sp³-hybridized carbons (Fsp3) is 0.533. The summed E-state index contributed by atoms with van der Waals surface area (Å²) in [6.07, 6.45) is 1.90. The molecule has 1 aromatic rings. The highest BCUT2D eigenvalue weighted by atomic mass is 35.5. The molecular formula is C15H19ClN2. The predicted octanol–water partition coefficient (Wildman–Crippen LogP) is 3.77. The van der Waals surface area contributed by atoms with Crippen LogP contribution in [-0.4, -0.2) is 18.0 Å². The van der Waals surface area contributed by atoms with Gasteiger partial charge in [0.2, 0.25) is 0 Å². The van der Waals surface area contributed by atoms with Gasteiger partial charge in [0, 0.05) is 11.6 Å². The van der Waals surface area contributed by atoms with E-state index in [9.17, 15) is 0 Å². The van der Waals surface area contributed by atoms with E-state index in [-0.39, 0.29) is 5.41 Å². The van der Waals surface area contributed by atoms with Crippen molar-refractivity contribution in [3.63, 3.8) is 0 Å². The topological polar surface area (TPSA) is 27.0 Å². The molecule has 0 bridgehead atoms. The summed E-state index contributed by atoms with van der Waals surface area (Å²) in [5, 5.41) is 9.96. The van der Waals surface area contributed by atoms with E-state index in [4.69, 9.17) is 16.9 Å². The zero-order valence-corrected chi connectivity index (χ0v) is 11.8. The van der Waals surface area contributed by atoms with E-state index in [1.54, 1.807) is 0 Å². The summed E-state index contributed by atoms with van der Waals surface area (Å²) in [6.45, 7) is 6.96. The average molecular weight is 263 g/mol. The number of likely N-dealkylation sites (tertiary alicyclic amines) is 1. The molecule has 1 aromatic carbocycles. The molecule has 96 valence electrons. The van der Waals surface area contributed by atoms with Crippen LogP contribution in [-0.2, 0) is 6.54 Å². The number of nitrogens with zero attached hydrogens (tertiary/aromatic N) is 2. The second-order valence-electron chi connectivity index (χ2n) is 5.54. The Labute approximate surface area is 114 Å². The van der Waals surface area contributed by atoms with Gasteiger partial charge in [0.1, 0.15) is 0 Å². The largest absolute Gasteiger partial charge is 0.299 e. The molecule has 1 saturated heterocycles. The van der Waals surface area contributed by atoms with E-state index in [0.717, 1.165) is 37.5 Å². The first-order valence-corrected chi connectivity index (χ1v) is 6.79. The van der Waals surface area contributed by atoms with Crippen molar-refractivity contribution in [1.29, 1.82) is 5.26 Å². The zero-order valence-electron chi connectivity index (χ0n) is 11.0. The summed E-state index contributed by atoms with van der Waals surface area (Å²) >= 11 is 6.25. The van der Waals surface area contributed by atoms with Crippen LogP contribution in [0.3, 0.4) is 0 Å². The van der Waals surface area contributed by atoms with E-state index in [2.05, 4.69) is 36.9 Å². The molecule has 1 fully saturated rings. The number of benzene rings is 1. The predicted molar refractivity (Wildman–Crippen MR) is 74.4 cm³/mol. The minimum Gasteiger partial charge on any atom is -0.299 e. The second-order valence-corrected chi connectivity index (χ2v) is 5.95. The summed E-state index contributed by atoms with van der Waals surface area (Å²) in [6, 6.07) is 8.65. The van der Waals surface area contributed by atoms with Crippen molar-refractivity contribution < 1.29 is 0 Å². The fourth-order valence-electron chi connectivity index (χ4n) is 2.34. The Kier molecular flexibility index (Phi) is 3.94. The van der Waals surface area contributed by atoms with Crippen molar-refractivity contribution in [3.8, 4) is 6.07 Å². The summed E-state index contributed by atoms with van der Waals surface area (Å²) in [5.41, 5.74) is 2.25. The van der Waals surface area contributed by atoms with Gasteiger partial charge in [-0.3, -0.25) is 4.90 Å². The molecule has 1 aliphatic rings. The molecule has 2 nitrogen and oxygen atoms in total. The summed E-state index contributed by atoms with van der Waals surface area (Å²) in [5.74, 6) is 0. The van der Waals surface area contributed by atoms with Crippen LogP contribution in [0, 0.1) is 23.7 Å². The first kappa shape index (κ1) is 13.4. The van der Waals surface area contributed by atoms with E-state index >= 15 is 0 Å². The zero-order chi connectivity index (χ0) is 13.2. The Morgan fingerprint density at radius 2 is 2.06 bits per heavy atom. The van der Waals surface area contributed by atoms with Gasteiger partial charge in [-0.05, 0) is 57.0 Å². The highest BCUT2D eigenvalue weighted by molar-refractivity contribution is 6.31. The van der Waals surface area contributed by atoms with E-state index in [0.29, 0.717) is 0 Å². The first-order chi connectivity index (χ1) is 8.52. The summed E-state index contributed by atoms with van der Waals surface area (Å²) in [4.78, 5) is 2.38. The van der Waals surface area contributed by atoms with Crippen molar-refractivity contribution in [2.45, 2.75) is 33.2 Å². The Morgan fingerprint density at radius 1 is 1.39 bits per heavy atom. The van der Waals surface area contributed by atoms with Crippen LogP contribution >= 0.6 is 11.6 Å². The van der Waals surface area contributed by atoms with Crippen LogP contribution in [0.2, 0.25) is 5.02 Å². The van der Waals surface area contributed by atoms with Crippen molar-refractivity contribution in [2.75, 3.05) is 13.1 Å². The number of rotatable bonds is 2. The van der Waals surface area contributed by atoms with Gasteiger partial charge in [-0.2, -0.15) is 5.26 Å². The monoisotopic (exact) mass is 262 g/mol. The third kappa shape index (κ3) is 3.04. The summed E-state index contributed by atoms with van der Waals surface area (Å²) < 4.78 is 0. The smallest absolute Gasteiger partial charge is 0.0687 e. The van der Waals surface area contributed by atoms with Crippen LogP contribution in [0.15, 0.2) is 18.2 Å². The van der Waals surface area contributed by atoms with Crippen LogP contribution in [0.4, 0.5) is 0 Å². The maximum atomic E-state index is 9.11. The molecule has 0 saturated carbocycles. The summed E-state index contributed by atoms with van der Waals surface area (Å²) in [7, 11) is 0. The highest BCUT2D eigenvalue weighted by Crippen LogP contribution is 2.31. The molecule has 1 heterocycles. The van der Waals surface area contributed by atoms with E-state index in [1.807, 2.05) is 6.07 Å². The number of hydrogen-bond acceptors (Lipinski definition) is 2. The molecule has 0 aromatic heterocycles. The average Bonchev–Trinajstić information content (AvgIpc) is 2.36. The number of halogens is 1. The minimum absolute atomic E-state index is 0.131. The molecule has 1 aliphatic heterocycles. The molecule has 3 heteroatoms. The van der Waals surface area contributed by atoms with Crippen molar-refractivity contribution in [1.82, 2.24) is 4.90 Å². The van der Waals surface area contributed by atoms with Gasteiger partial charge in [-0.25, -0.2) is 0 Å². The van der Waals surface area contributed by atoms with Crippen LogP contribution in [0.25, 0.3) is 0 Å². The number of aryl methyl sites for hydroxylation is 1. The van der Waals surface area contributed by atoms with Crippen LogP contribution in [0.5, 0.6) is 0 Å². The number of piperidine rings is 1. The first-order valence-electron chi connectivity index (χ1n) is 6.41. The number of hydrogen-bond donors (Lipinski definition) is 0. The third-order valence-electron chi connectivity index (χ3n) is 3.83. The van der Waals surface area contributed by atoms with Gasteiger partial charge in [-0.15, -0.1) is 0 Å². The molecule has 0 amide bonds. The maximum Gasteiger partial charge on any atom is 0.0687 e. The Balaban J connectivity index is 1.98. The molecule has 0 unspecified atom stereocenters. The maximum absolute atomic E-state index is 9.11. The van der Waals surface area contributed by atoms with Crippen molar-refractivity contribution >= 4 is 11.6 Å². The third-order valence-corrected chi connectivity index (χ3v) is 4.18. The lowest BCUT2D eigenvalue weighted by Gasteiger charge is -2.35. The lowest BCUT2D eigenvalue weighted by Crippen LogP contribution is -2.37. The van der Waals surface area contributed by atoms with Gasteiger partial charge in [-0.1, -0.05) is 23.7 Å². The normalized spacial score (nSPS) is 19.4. The number of nitriles is 1. The lowest BCUT2D eigenvalue weighted by molar-refractivity contribution is 0.150. The molecule has 2 rings (SSSR count). The SMILES string of the molecule is Cc1ccc(CN2CCC(C)(C#N)CC2)c(Cl)c1. The lowest BCUT2D eigenvalue weighted by atomic mass is 9.82. The quantitative estimate of drug-likeness (QED) is 0.811. The van der Waals surface area contributed by atoms with Crippen LogP contribution < -0.4 is 0 Å². The van der Waals surface area contributed by atoms with Gasteiger partial charge < -0.3 is 0 Å². The Hall–Kier alpha value is -1.04. The van der Waals surface area contributed by atoms with Crippen molar-refractivity contribution in [3.05, 3.63) is 34.3 Å². The van der Waals surface area contributed by atoms with Gasteiger partial charge in [0.05, 0.1) is 11.5 Å². The molecule has 0 N–H and O–H groups in total. The molecule has 18 heavy (non-hydrogen) atoms.